The number of benzene rings is 2. The minimum atomic E-state index is -4.97. The maximum absolute atomic E-state index is 13.9. The van der Waals surface area contributed by atoms with Gasteiger partial charge in [0.2, 0.25) is 0 Å². The molecule has 1 aliphatic heterocycles. The van der Waals surface area contributed by atoms with Gasteiger partial charge in [0.25, 0.3) is 5.91 Å². The molecule has 0 aromatic heterocycles. The fourth-order valence-electron chi connectivity index (χ4n) is 2.66. The standard InChI is InChI=1S/C17H11ClF4N2O3/c18-11-5-3-6-12(19)10(11)8-24-15(25)14(23-16(24)26)9-4-1-2-7-13(9)27-17(20,21)22/h1-7,14H,8H2,(H,23,26). The molecule has 3 amide bonds. The van der Waals surface area contributed by atoms with E-state index in [2.05, 4.69) is 10.1 Å². The van der Waals surface area contributed by atoms with Crippen molar-refractivity contribution >= 4 is 23.5 Å². The van der Waals surface area contributed by atoms with Crippen LogP contribution in [0, 0.1) is 5.82 Å². The van der Waals surface area contributed by atoms with Gasteiger partial charge in [0.05, 0.1) is 6.54 Å². The summed E-state index contributed by atoms with van der Waals surface area (Å²) in [4.78, 5) is 25.4. The zero-order valence-electron chi connectivity index (χ0n) is 13.4. The van der Waals surface area contributed by atoms with E-state index in [1.165, 1.54) is 30.3 Å². The molecule has 1 aliphatic rings. The molecule has 27 heavy (non-hydrogen) atoms. The van der Waals surface area contributed by atoms with Gasteiger partial charge in [-0.25, -0.2) is 9.18 Å². The third-order valence-corrected chi connectivity index (χ3v) is 4.21. The Balaban J connectivity index is 1.89. The zero-order chi connectivity index (χ0) is 19.8. The van der Waals surface area contributed by atoms with E-state index >= 15 is 0 Å². The molecule has 0 radical (unpaired) electrons. The van der Waals surface area contributed by atoms with Gasteiger partial charge in [-0.05, 0) is 18.2 Å². The lowest BCUT2D eigenvalue weighted by molar-refractivity contribution is -0.275. The van der Waals surface area contributed by atoms with Crippen LogP contribution in [0.4, 0.5) is 22.4 Å². The third-order valence-electron chi connectivity index (χ3n) is 3.86. The van der Waals surface area contributed by atoms with Crippen LogP contribution in [0.3, 0.4) is 0 Å². The number of alkyl halides is 3. The number of hydrogen-bond donors (Lipinski definition) is 1. The van der Waals surface area contributed by atoms with Crippen molar-refractivity contribution in [3.63, 3.8) is 0 Å². The van der Waals surface area contributed by atoms with Gasteiger partial charge < -0.3 is 10.1 Å². The van der Waals surface area contributed by atoms with Gasteiger partial charge in [-0.2, -0.15) is 0 Å². The average molecular weight is 403 g/mol. The highest BCUT2D eigenvalue weighted by Crippen LogP contribution is 2.34. The first-order chi connectivity index (χ1) is 12.7. The summed E-state index contributed by atoms with van der Waals surface area (Å²) in [6, 6.07) is 6.53. The quantitative estimate of drug-likeness (QED) is 0.617. The van der Waals surface area contributed by atoms with Crippen LogP contribution < -0.4 is 10.1 Å². The molecule has 1 unspecified atom stereocenters. The van der Waals surface area contributed by atoms with Crippen molar-refractivity contribution in [1.29, 1.82) is 0 Å². The molecule has 3 rings (SSSR count). The molecule has 5 nitrogen and oxygen atoms in total. The van der Waals surface area contributed by atoms with E-state index in [4.69, 9.17) is 11.6 Å². The van der Waals surface area contributed by atoms with Gasteiger partial charge >= 0.3 is 12.4 Å². The molecule has 1 N–H and O–H groups in total. The second-order valence-corrected chi connectivity index (χ2v) is 6.00. The number of nitrogens with one attached hydrogen (secondary N) is 1. The highest BCUT2D eigenvalue weighted by atomic mass is 35.5. The van der Waals surface area contributed by atoms with Crippen LogP contribution in [-0.2, 0) is 11.3 Å². The van der Waals surface area contributed by atoms with E-state index in [9.17, 15) is 27.2 Å². The molecule has 142 valence electrons. The second-order valence-electron chi connectivity index (χ2n) is 5.59. The number of urea groups is 1. The summed E-state index contributed by atoms with van der Waals surface area (Å²) in [5, 5.41) is 2.29. The minimum absolute atomic E-state index is 0.0138. The van der Waals surface area contributed by atoms with E-state index in [0.717, 1.165) is 12.1 Å². The minimum Gasteiger partial charge on any atom is -0.405 e. The van der Waals surface area contributed by atoms with Crippen LogP contribution in [0.25, 0.3) is 0 Å². The molecule has 2 aromatic rings. The lowest BCUT2D eigenvalue weighted by Gasteiger charge is -2.17. The van der Waals surface area contributed by atoms with Crippen molar-refractivity contribution < 1.29 is 31.9 Å². The fraction of sp³-hybridized carbons (Fsp3) is 0.176. The van der Waals surface area contributed by atoms with E-state index in [1.54, 1.807) is 0 Å². The van der Waals surface area contributed by atoms with Crippen LogP contribution in [0.5, 0.6) is 5.75 Å². The van der Waals surface area contributed by atoms with Gasteiger partial charge in [-0.15, -0.1) is 13.2 Å². The van der Waals surface area contributed by atoms with Crippen LogP contribution >= 0.6 is 11.6 Å². The molecule has 1 heterocycles. The number of hydrogen-bond acceptors (Lipinski definition) is 3. The molecule has 0 spiro atoms. The maximum atomic E-state index is 13.9. The largest absolute Gasteiger partial charge is 0.573 e. The summed E-state index contributed by atoms with van der Waals surface area (Å²) < 4.78 is 55.6. The fourth-order valence-corrected chi connectivity index (χ4v) is 2.88. The van der Waals surface area contributed by atoms with Crippen LogP contribution in [-0.4, -0.2) is 23.2 Å². The Hall–Kier alpha value is -2.81. The summed E-state index contributed by atoms with van der Waals surface area (Å²) in [5.74, 6) is -2.18. The smallest absolute Gasteiger partial charge is 0.405 e. The molecule has 1 atom stereocenters. The first kappa shape index (κ1) is 19.0. The van der Waals surface area contributed by atoms with E-state index in [0.29, 0.717) is 4.90 Å². The number of halogens is 5. The molecule has 0 saturated carbocycles. The predicted molar refractivity (Wildman–Crippen MR) is 86.4 cm³/mol. The van der Waals surface area contributed by atoms with Crippen LogP contribution in [0.2, 0.25) is 5.02 Å². The lowest BCUT2D eigenvalue weighted by Crippen LogP contribution is -2.30. The first-order valence-corrected chi connectivity index (χ1v) is 7.94. The Kier molecular flexibility index (Phi) is 4.97. The Morgan fingerprint density at radius 1 is 1.11 bits per heavy atom. The maximum Gasteiger partial charge on any atom is 0.573 e. The van der Waals surface area contributed by atoms with Gasteiger partial charge in [-0.1, -0.05) is 35.9 Å². The molecule has 2 aromatic carbocycles. The summed E-state index contributed by atoms with van der Waals surface area (Å²) in [6.45, 7) is -0.463. The Morgan fingerprint density at radius 3 is 2.48 bits per heavy atom. The number of amides is 3. The monoisotopic (exact) mass is 402 g/mol. The Bertz CT molecular complexity index is 884. The number of ether oxygens (including phenoxy) is 1. The number of imide groups is 1. The van der Waals surface area contributed by atoms with Crippen molar-refractivity contribution in [1.82, 2.24) is 10.2 Å². The van der Waals surface area contributed by atoms with E-state index in [-0.39, 0.29) is 16.1 Å². The van der Waals surface area contributed by atoms with Crippen LogP contribution in [0.1, 0.15) is 17.2 Å². The van der Waals surface area contributed by atoms with E-state index < -0.39 is 42.5 Å². The molecule has 0 bridgehead atoms. The van der Waals surface area contributed by atoms with Gasteiger partial charge in [0.1, 0.15) is 17.6 Å². The molecule has 0 aliphatic carbocycles. The van der Waals surface area contributed by atoms with E-state index in [1.807, 2.05) is 0 Å². The summed E-state index contributed by atoms with van der Waals surface area (Å²) >= 11 is 5.90. The van der Waals surface area contributed by atoms with Gasteiger partial charge in [0, 0.05) is 16.1 Å². The van der Waals surface area contributed by atoms with Crippen molar-refractivity contribution in [2.24, 2.45) is 0 Å². The number of carbonyl (C=O) groups is 2. The van der Waals surface area contributed by atoms with Gasteiger partial charge in [0.15, 0.2) is 0 Å². The molecular formula is C17H11ClF4N2O3. The molecular weight excluding hydrogens is 392 g/mol. The van der Waals surface area contributed by atoms with Gasteiger partial charge in [-0.3, -0.25) is 9.69 Å². The van der Waals surface area contributed by atoms with Crippen LogP contribution in [0.15, 0.2) is 42.5 Å². The highest BCUT2D eigenvalue weighted by molar-refractivity contribution is 6.31. The lowest BCUT2D eigenvalue weighted by atomic mass is 10.1. The SMILES string of the molecule is O=C1NC(c2ccccc2OC(F)(F)F)C(=O)N1Cc1c(F)cccc1Cl. The Labute approximate surface area is 155 Å². The number of rotatable bonds is 4. The summed E-state index contributed by atoms with van der Waals surface area (Å²) in [6.07, 6.45) is -4.97. The number of nitrogens with zero attached hydrogens (tertiary/aromatic N) is 1. The molecule has 1 fully saturated rings. The average Bonchev–Trinajstić information content (AvgIpc) is 2.85. The molecule has 1 saturated heterocycles. The predicted octanol–water partition coefficient (Wildman–Crippen LogP) is 4.17. The summed E-state index contributed by atoms with van der Waals surface area (Å²) in [5.41, 5.74) is -0.251. The second kappa shape index (κ2) is 7.07. The topological polar surface area (TPSA) is 58.6 Å². The van der Waals surface area contributed by atoms with Crippen molar-refractivity contribution in [3.8, 4) is 5.75 Å². The molecule has 10 heteroatoms. The highest BCUT2D eigenvalue weighted by Gasteiger charge is 2.42. The first-order valence-electron chi connectivity index (χ1n) is 7.57. The zero-order valence-corrected chi connectivity index (χ0v) is 14.1. The number of carbonyl (C=O) groups excluding carboxylic acids is 2. The summed E-state index contributed by atoms with van der Waals surface area (Å²) in [7, 11) is 0. The van der Waals surface area contributed by atoms with Crippen molar-refractivity contribution in [2.75, 3.05) is 0 Å². The van der Waals surface area contributed by atoms with Crippen molar-refractivity contribution in [3.05, 3.63) is 64.4 Å². The van der Waals surface area contributed by atoms with Crippen molar-refractivity contribution in [2.45, 2.75) is 18.9 Å². The Morgan fingerprint density at radius 2 is 1.81 bits per heavy atom. The third kappa shape index (κ3) is 3.97. The number of para-hydroxylation sites is 1. The normalized spacial score (nSPS) is 17.2.